The highest BCUT2D eigenvalue weighted by molar-refractivity contribution is 5.02. The molecule has 2 rings (SSSR count). The third-order valence-corrected chi connectivity index (χ3v) is 5.04. The van der Waals surface area contributed by atoms with Crippen molar-refractivity contribution in [2.24, 2.45) is 5.92 Å². The van der Waals surface area contributed by atoms with Crippen LogP contribution >= 0.6 is 0 Å². The van der Waals surface area contributed by atoms with Crippen LogP contribution in [0.3, 0.4) is 0 Å². The second kappa shape index (κ2) is 4.66. The van der Waals surface area contributed by atoms with Gasteiger partial charge in [-0.05, 0) is 39.2 Å². The molecule has 0 bridgehead atoms. The Kier molecular flexibility index (Phi) is 3.60. The lowest BCUT2D eigenvalue weighted by Gasteiger charge is -2.55. The molecule has 1 aliphatic heterocycles. The average molecular weight is 225 g/mol. The number of fused-ring (bicyclic) bond motifs is 1. The van der Waals surface area contributed by atoms with Gasteiger partial charge in [0.25, 0.3) is 0 Å². The normalized spacial score (nSPS) is 45.4. The number of aliphatic hydroxyl groups is 1. The van der Waals surface area contributed by atoms with E-state index in [1.54, 1.807) is 0 Å². The molecule has 0 spiro atoms. The van der Waals surface area contributed by atoms with Crippen molar-refractivity contribution in [3.63, 3.8) is 0 Å². The molecular formula is C14H27NO. The van der Waals surface area contributed by atoms with Gasteiger partial charge in [-0.3, -0.25) is 4.90 Å². The van der Waals surface area contributed by atoms with E-state index in [0.717, 1.165) is 19.4 Å². The number of hydrogen-bond donors (Lipinski definition) is 1. The maximum absolute atomic E-state index is 10.8. The van der Waals surface area contributed by atoms with Gasteiger partial charge in [-0.2, -0.15) is 0 Å². The molecule has 16 heavy (non-hydrogen) atoms. The first-order valence-electron chi connectivity index (χ1n) is 7.10. The lowest BCUT2D eigenvalue weighted by molar-refractivity contribution is -0.134. The van der Waals surface area contributed by atoms with Crippen molar-refractivity contribution in [3.05, 3.63) is 0 Å². The number of piperidine rings is 1. The summed E-state index contributed by atoms with van der Waals surface area (Å²) in [6, 6.07) is 1.20. The van der Waals surface area contributed by atoms with Gasteiger partial charge in [0.1, 0.15) is 0 Å². The van der Waals surface area contributed by atoms with Gasteiger partial charge in [-0.25, -0.2) is 0 Å². The van der Waals surface area contributed by atoms with Gasteiger partial charge in [0, 0.05) is 18.0 Å². The van der Waals surface area contributed by atoms with Crippen LogP contribution in [0.1, 0.15) is 59.3 Å². The van der Waals surface area contributed by atoms with Gasteiger partial charge in [-0.15, -0.1) is 0 Å². The van der Waals surface area contributed by atoms with E-state index in [1.807, 2.05) is 0 Å². The molecule has 0 aromatic carbocycles. The summed E-state index contributed by atoms with van der Waals surface area (Å²) in [5.74, 6) is 0.530. The van der Waals surface area contributed by atoms with Crippen LogP contribution in [0.5, 0.6) is 0 Å². The van der Waals surface area contributed by atoms with Crippen molar-refractivity contribution in [3.8, 4) is 0 Å². The summed E-state index contributed by atoms with van der Waals surface area (Å²) in [6.07, 6.45) is 7.09. The average Bonchev–Trinajstić information content (AvgIpc) is 2.30. The molecule has 1 saturated heterocycles. The van der Waals surface area contributed by atoms with Crippen LogP contribution in [-0.4, -0.2) is 34.2 Å². The molecule has 0 aromatic heterocycles. The number of rotatable bonds is 2. The molecule has 4 atom stereocenters. The second-order valence-electron chi connectivity index (χ2n) is 5.80. The summed E-state index contributed by atoms with van der Waals surface area (Å²) in [4.78, 5) is 2.63. The highest BCUT2D eigenvalue weighted by Gasteiger charge is 2.48. The Morgan fingerprint density at radius 3 is 2.56 bits per heavy atom. The van der Waals surface area contributed by atoms with E-state index in [4.69, 9.17) is 0 Å². The maximum Gasteiger partial charge on any atom is 0.0702 e. The van der Waals surface area contributed by atoms with Crippen LogP contribution in [0.2, 0.25) is 0 Å². The van der Waals surface area contributed by atoms with Gasteiger partial charge >= 0.3 is 0 Å². The standard InChI is InChI=1S/C14H27NO/c1-4-14(16)10-11(3)15(5-2)13-9-7-6-8-12(13)14/h11-13,16H,4-10H2,1-3H3/t11-,12+,13+,14+/m0/s1. The Bertz CT molecular complexity index is 243. The molecule has 1 saturated carbocycles. The molecule has 2 heteroatoms. The van der Waals surface area contributed by atoms with Crippen LogP contribution in [-0.2, 0) is 0 Å². The van der Waals surface area contributed by atoms with Gasteiger partial charge < -0.3 is 5.11 Å². The quantitative estimate of drug-likeness (QED) is 0.781. The van der Waals surface area contributed by atoms with Crippen molar-refractivity contribution < 1.29 is 5.11 Å². The molecule has 2 aliphatic rings. The predicted molar refractivity (Wildman–Crippen MR) is 67.4 cm³/mol. The summed E-state index contributed by atoms with van der Waals surface area (Å²) in [6.45, 7) is 7.84. The molecule has 1 heterocycles. The van der Waals surface area contributed by atoms with E-state index in [-0.39, 0.29) is 5.60 Å². The fraction of sp³-hybridized carbons (Fsp3) is 1.00. The third-order valence-electron chi connectivity index (χ3n) is 5.04. The summed E-state index contributed by atoms with van der Waals surface area (Å²) in [5, 5.41) is 10.8. The minimum Gasteiger partial charge on any atom is -0.389 e. The van der Waals surface area contributed by atoms with Crippen LogP contribution in [0.15, 0.2) is 0 Å². The fourth-order valence-electron chi connectivity index (χ4n) is 4.19. The van der Waals surface area contributed by atoms with Gasteiger partial charge in [-0.1, -0.05) is 26.7 Å². The number of hydrogen-bond acceptors (Lipinski definition) is 2. The molecule has 0 aromatic rings. The van der Waals surface area contributed by atoms with Crippen LogP contribution < -0.4 is 0 Å². The molecular weight excluding hydrogens is 198 g/mol. The second-order valence-corrected chi connectivity index (χ2v) is 5.80. The monoisotopic (exact) mass is 225 g/mol. The number of likely N-dealkylation sites (tertiary alicyclic amines) is 1. The molecule has 1 N–H and O–H groups in total. The largest absolute Gasteiger partial charge is 0.389 e. The fourth-order valence-corrected chi connectivity index (χ4v) is 4.19. The van der Waals surface area contributed by atoms with Crippen molar-refractivity contribution in [1.29, 1.82) is 0 Å². The molecule has 0 radical (unpaired) electrons. The van der Waals surface area contributed by atoms with E-state index in [1.165, 1.54) is 25.7 Å². The zero-order chi connectivity index (χ0) is 11.8. The highest BCUT2D eigenvalue weighted by Crippen LogP contribution is 2.44. The Morgan fingerprint density at radius 1 is 1.25 bits per heavy atom. The maximum atomic E-state index is 10.8. The van der Waals surface area contributed by atoms with E-state index < -0.39 is 0 Å². The molecule has 1 aliphatic carbocycles. The topological polar surface area (TPSA) is 23.5 Å². The minimum absolute atomic E-state index is 0.379. The predicted octanol–water partition coefficient (Wildman–Crippen LogP) is 2.80. The zero-order valence-electron chi connectivity index (χ0n) is 11.1. The van der Waals surface area contributed by atoms with E-state index in [9.17, 15) is 5.11 Å². The van der Waals surface area contributed by atoms with Crippen LogP contribution in [0, 0.1) is 5.92 Å². The SMILES string of the molecule is CCN1[C@@H]2CCCC[C@H]2[C@@](O)(CC)C[C@@H]1C. The number of nitrogens with zero attached hydrogens (tertiary/aromatic N) is 1. The first kappa shape index (κ1) is 12.4. The first-order valence-corrected chi connectivity index (χ1v) is 7.10. The smallest absolute Gasteiger partial charge is 0.0702 e. The zero-order valence-corrected chi connectivity index (χ0v) is 11.1. The third kappa shape index (κ3) is 1.91. The van der Waals surface area contributed by atoms with E-state index >= 15 is 0 Å². The van der Waals surface area contributed by atoms with Crippen molar-refractivity contribution in [2.45, 2.75) is 77.0 Å². The van der Waals surface area contributed by atoms with E-state index in [2.05, 4.69) is 25.7 Å². The molecule has 2 fully saturated rings. The summed E-state index contributed by atoms with van der Waals surface area (Å²) < 4.78 is 0. The summed E-state index contributed by atoms with van der Waals surface area (Å²) in [5.41, 5.74) is -0.379. The lowest BCUT2D eigenvalue weighted by Crippen LogP contribution is -2.61. The molecule has 2 nitrogen and oxygen atoms in total. The van der Waals surface area contributed by atoms with Crippen LogP contribution in [0.4, 0.5) is 0 Å². The van der Waals surface area contributed by atoms with Crippen molar-refractivity contribution >= 4 is 0 Å². The molecule has 94 valence electrons. The minimum atomic E-state index is -0.379. The molecule has 0 amide bonds. The Balaban J connectivity index is 2.22. The lowest BCUT2D eigenvalue weighted by atomic mass is 9.66. The van der Waals surface area contributed by atoms with Crippen LogP contribution in [0.25, 0.3) is 0 Å². The Morgan fingerprint density at radius 2 is 1.94 bits per heavy atom. The Hall–Kier alpha value is -0.0800. The Labute approximate surface area is 100 Å². The van der Waals surface area contributed by atoms with Crippen molar-refractivity contribution in [2.75, 3.05) is 6.54 Å². The van der Waals surface area contributed by atoms with Gasteiger partial charge in [0.05, 0.1) is 5.60 Å². The van der Waals surface area contributed by atoms with Gasteiger partial charge in [0.15, 0.2) is 0 Å². The van der Waals surface area contributed by atoms with Crippen molar-refractivity contribution in [1.82, 2.24) is 4.90 Å². The first-order chi connectivity index (χ1) is 7.62. The van der Waals surface area contributed by atoms with E-state index in [0.29, 0.717) is 18.0 Å². The van der Waals surface area contributed by atoms with Gasteiger partial charge in [0.2, 0.25) is 0 Å². The summed E-state index contributed by atoms with van der Waals surface area (Å²) >= 11 is 0. The molecule has 0 unspecified atom stereocenters. The highest BCUT2D eigenvalue weighted by atomic mass is 16.3. The summed E-state index contributed by atoms with van der Waals surface area (Å²) in [7, 11) is 0.